The van der Waals surface area contributed by atoms with Crippen molar-refractivity contribution in [1.29, 1.82) is 0 Å². The Morgan fingerprint density at radius 1 is 1.60 bits per heavy atom. The van der Waals surface area contributed by atoms with Gasteiger partial charge in [0.25, 0.3) is 5.91 Å². The zero-order valence-corrected chi connectivity index (χ0v) is 12.0. The molecule has 1 amide bonds. The van der Waals surface area contributed by atoms with E-state index < -0.39 is 15.9 Å². The number of hydrogen-bond acceptors (Lipinski definition) is 5. The van der Waals surface area contributed by atoms with E-state index in [4.69, 9.17) is 9.88 Å². The van der Waals surface area contributed by atoms with E-state index in [2.05, 4.69) is 15.5 Å². The predicted molar refractivity (Wildman–Crippen MR) is 70.6 cm³/mol. The number of nitrogens with zero attached hydrogens (tertiary/aromatic N) is 1. The van der Waals surface area contributed by atoms with Gasteiger partial charge in [0.1, 0.15) is 4.90 Å². The lowest BCUT2D eigenvalue weighted by molar-refractivity contribution is 0.0936. The van der Waals surface area contributed by atoms with Crippen molar-refractivity contribution in [3.05, 3.63) is 11.4 Å². The average molecular weight is 302 g/mol. The molecule has 1 aromatic rings. The van der Waals surface area contributed by atoms with E-state index in [0.717, 1.165) is 6.42 Å². The lowest BCUT2D eigenvalue weighted by Crippen LogP contribution is -2.31. The topological polar surface area (TPSA) is 127 Å². The molecule has 20 heavy (non-hydrogen) atoms. The smallest absolute Gasteiger partial charge is 0.273 e. The van der Waals surface area contributed by atoms with Gasteiger partial charge in [-0.2, -0.15) is 5.10 Å². The summed E-state index contributed by atoms with van der Waals surface area (Å²) in [7, 11) is -3.99. The number of aryl methyl sites for hydroxylation is 1. The molecule has 1 unspecified atom stereocenters. The molecule has 1 fully saturated rings. The lowest BCUT2D eigenvalue weighted by Gasteiger charge is -2.09. The van der Waals surface area contributed by atoms with Crippen LogP contribution in [0.3, 0.4) is 0 Å². The van der Waals surface area contributed by atoms with Crippen LogP contribution in [0.15, 0.2) is 4.90 Å². The first-order valence-corrected chi connectivity index (χ1v) is 7.94. The van der Waals surface area contributed by atoms with Gasteiger partial charge in [-0.15, -0.1) is 0 Å². The Kier molecular flexibility index (Phi) is 4.41. The van der Waals surface area contributed by atoms with Gasteiger partial charge >= 0.3 is 0 Å². The second-order valence-corrected chi connectivity index (χ2v) is 6.22. The zero-order valence-electron chi connectivity index (χ0n) is 11.2. The fraction of sp³-hybridized carbons (Fsp3) is 0.636. The molecule has 0 radical (unpaired) electrons. The van der Waals surface area contributed by atoms with Crippen LogP contribution in [-0.4, -0.2) is 44.3 Å². The molecule has 1 atom stereocenters. The van der Waals surface area contributed by atoms with Crippen LogP contribution in [0.1, 0.15) is 29.5 Å². The van der Waals surface area contributed by atoms with Gasteiger partial charge < -0.3 is 10.1 Å². The van der Waals surface area contributed by atoms with Crippen molar-refractivity contribution >= 4 is 15.9 Å². The number of hydrogen-bond donors (Lipinski definition) is 3. The van der Waals surface area contributed by atoms with E-state index in [1.165, 1.54) is 0 Å². The highest BCUT2D eigenvalue weighted by atomic mass is 32.2. The van der Waals surface area contributed by atoms with Crippen molar-refractivity contribution in [2.45, 2.75) is 24.7 Å². The molecule has 0 aromatic carbocycles. The molecule has 1 saturated heterocycles. The van der Waals surface area contributed by atoms with Crippen LogP contribution in [0.2, 0.25) is 0 Å². The fourth-order valence-electron chi connectivity index (χ4n) is 2.13. The standard InChI is InChI=1S/C11H18N4O4S/c1-2-8-10(20(12,17)18)9(15-14-8)11(16)13-5-7-3-4-19-6-7/h7H,2-6H2,1H3,(H,13,16)(H,14,15)(H2,12,17,18). The summed E-state index contributed by atoms with van der Waals surface area (Å²) in [6.07, 6.45) is 1.27. The van der Waals surface area contributed by atoms with Gasteiger partial charge in [0.05, 0.1) is 12.3 Å². The number of ether oxygens (including phenoxy) is 1. The maximum atomic E-state index is 12.0. The second kappa shape index (κ2) is 5.90. The van der Waals surface area contributed by atoms with Gasteiger partial charge in [0.15, 0.2) is 5.69 Å². The van der Waals surface area contributed by atoms with Gasteiger partial charge in [-0.1, -0.05) is 6.92 Å². The number of primary sulfonamides is 1. The molecule has 0 saturated carbocycles. The second-order valence-electron chi connectivity index (χ2n) is 4.72. The van der Waals surface area contributed by atoms with Crippen LogP contribution >= 0.6 is 0 Å². The highest BCUT2D eigenvalue weighted by molar-refractivity contribution is 7.89. The number of H-pyrrole nitrogens is 1. The molecule has 2 heterocycles. The maximum Gasteiger partial charge on any atom is 0.273 e. The van der Waals surface area contributed by atoms with Crippen LogP contribution < -0.4 is 10.5 Å². The highest BCUT2D eigenvalue weighted by Gasteiger charge is 2.27. The normalized spacial score (nSPS) is 19.2. The van der Waals surface area contributed by atoms with Crippen molar-refractivity contribution in [3.8, 4) is 0 Å². The van der Waals surface area contributed by atoms with Crippen molar-refractivity contribution in [3.63, 3.8) is 0 Å². The van der Waals surface area contributed by atoms with Gasteiger partial charge in [-0.05, 0) is 12.8 Å². The molecule has 0 aliphatic carbocycles. The first kappa shape index (κ1) is 14.9. The van der Waals surface area contributed by atoms with E-state index in [-0.39, 0.29) is 16.5 Å². The summed E-state index contributed by atoms with van der Waals surface area (Å²) >= 11 is 0. The van der Waals surface area contributed by atoms with E-state index in [1.54, 1.807) is 6.92 Å². The van der Waals surface area contributed by atoms with Crippen LogP contribution in [0.25, 0.3) is 0 Å². The molecule has 4 N–H and O–H groups in total. The Morgan fingerprint density at radius 3 is 2.90 bits per heavy atom. The zero-order chi connectivity index (χ0) is 14.8. The Morgan fingerprint density at radius 2 is 2.35 bits per heavy atom. The summed E-state index contributed by atoms with van der Waals surface area (Å²) < 4.78 is 28.4. The Bertz CT molecular complexity index is 590. The quantitative estimate of drug-likeness (QED) is 0.668. The number of aromatic amines is 1. The van der Waals surface area contributed by atoms with E-state index in [1.807, 2.05) is 0 Å². The summed E-state index contributed by atoms with van der Waals surface area (Å²) in [4.78, 5) is 11.8. The summed E-state index contributed by atoms with van der Waals surface area (Å²) in [6.45, 7) is 3.46. The molecule has 112 valence electrons. The van der Waals surface area contributed by atoms with Crippen LogP contribution in [0.5, 0.6) is 0 Å². The molecular formula is C11H18N4O4S. The minimum Gasteiger partial charge on any atom is -0.381 e. The van der Waals surface area contributed by atoms with E-state index in [9.17, 15) is 13.2 Å². The van der Waals surface area contributed by atoms with Crippen LogP contribution in [-0.2, 0) is 21.2 Å². The molecule has 8 nitrogen and oxygen atoms in total. The van der Waals surface area contributed by atoms with Gasteiger partial charge in [0, 0.05) is 19.1 Å². The Hall–Kier alpha value is -1.45. The minimum absolute atomic E-state index is 0.178. The minimum atomic E-state index is -3.99. The maximum absolute atomic E-state index is 12.0. The molecule has 1 aromatic heterocycles. The number of sulfonamides is 1. The molecule has 2 rings (SSSR count). The summed E-state index contributed by atoms with van der Waals surface area (Å²) in [5.41, 5.74) is 0.158. The summed E-state index contributed by atoms with van der Waals surface area (Å²) in [6, 6.07) is 0. The molecule has 0 bridgehead atoms. The number of nitrogens with one attached hydrogen (secondary N) is 2. The number of amides is 1. The van der Waals surface area contributed by atoms with Crippen LogP contribution in [0.4, 0.5) is 0 Å². The van der Waals surface area contributed by atoms with Crippen molar-refractivity contribution in [2.24, 2.45) is 11.1 Å². The predicted octanol–water partition coefficient (Wildman–Crippen LogP) is -0.614. The SMILES string of the molecule is CCc1[nH]nc(C(=O)NCC2CCOC2)c1S(N)(=O)=O. The first-order chi connectivity index (χ1) is 9.43. The molecule has 9 heteroatoms. The highest BCUT2D eigenvalue weighted by Crippen LogP contribution is 2.17. The molecule has 0 spiro atoms. The van der Waals surface area contributed by atoms with Crippen molar-refractivity contribution in [1.82, 2.24) is 15.5 Å². The first-order valence-electron chi connectivity index (χ1n) is 6.39. The largest absolute Gasteiger partial charge is 0.381 e. The van der Waals surface area contributed by atoms with Gasteiger partial charge in [-0.3, -0.25) is 9.89 Å². The van der Waals surface area contributed by atoms with Crippen molar-refractivity contribution in [2.75, 3.05) is 19.8 Å². The number of carbonyl (C=O) groups excluding carboxylic acids is 1. The third-order valence-corrected chi connectivity index (χ3v) is 4.23. The fourth-order valence-corrected chi connectivity index (χ4v) is 3.07. The number of carbonyl (C=O) groups is 1. The molecule has 1 aliphatic heterocycles. The number of aromatic nitrogens is 2. The lowest BCUT2D eigenvalue weighted by atomic mass is 10.1. The average Bonchev–Trinajstić information content (AvgIpc) is 3.03. The summed E-state index contributed by atoms with van der Waals surface area (Å²) in [5.74, 6) is -0.293. The Labute approximate surface area is 117 Å². The third kappa shape index (κ3) is 3.17. The molecular weight excluding hydrogens is 284 g/mol. The van der Waals surface area contributed by atoms with Gasteiger partial charge in [0.2, 0.25) is 10.0 Å². The number of rotatable bonds is 5. The number of nitrogens with two attached hydrogens (primary N) is 1. The summed E-state index contributed by atoms with van der Waals surface area (Å²) in [5, 5.41) is 14.1. The van der Waals surface area contributed by atoms with Gasteiger partial charge in [-0.25, -0.2) is 13.6 Å². The molecule has 1 aliphatic rings. The third-order valence-electron chi connectivity index (χ3n) is 3.22. The van der Waals surface area contributed by atoms with E-state index >= 15 is 0 Å². The van der Waals surface area contributed by atoms with Crippen molar-refractivity contribution < 1.29 is 17.9 Å². The monoisotopic (exact) mass is 302 g/mol. The van der Waals surface area contributed by atoms with E-state index in [0.29, 0.717) is 31.9 Å². The van der Waals surface area contributed by atoms with Crippen LogP contribution in [0, 0.1) is 5.92 Å². The Balaban J connectivity index is 2.15.